The Bertz CT molecular complexity index is 508. The van der Waals surface area contributed by atoms with Gasteiger partial charge in [0.15, 0.2) is 0 Å². The van der Waals surface area contributed by atoms with Gasteiger partial charge in [-0.3, -0.25) is 9.59 Å². The first kappa shape index (κ1) is 13.2. The van der Waals surface area contributed by atoms with E-state index in [4.69, 9.17) is 10.6 Å². The van der Waals surface area contributed by atoms with Crippen LogP contribution in [0.5, 0.6) is 0 Å². The van der Waals surface area contributed by atoms with Crippen molar-refractivity contribution in [1.29, 1.82) is 0 Å². The van der Waals surface area contributed by atoms with Crippen molar-refractivity contribution in [3.63, 3.8) is 0 Å². The third-order valence-corrected chi connectivity index (χ3v) is 2.88. The van der Waals surface area contributed by atoms with Crippen LogP contribution < -0.4 is 5.73 Å². The number of hydrogen-bond acceptors (Lipinski definition) is 5. The summed E-state index contributed by atoms with van der Waals surface area (Å²) in [5.74, 6) is -1.86. The molecular weight excluding hydrogens is 248 g/mol. The van der Waals surface area contributed by atoms with E-state index in [0.717, 1.165) is 5.56 Å². The fourth-order valence-electron chi connectivity index (χ4n) is 1.71. The third-order valence-electron chi connectivity index (χ3n) is 2.88. The monoisotopic (exact) mass is 262 g/mol. The van der Waals surface area contributed by atoms with E-state index in [1.54, 1.807) is 12.1 Å². The lowest BCUT2D eigenvalue weighted by atomic mass is 10.1. The number of nitrogens with two attached hydrogens (primary N) is 1. The first-order chi connectivity index (χ1) is 8.99. The van der Waals surface area contributed by atoms with Crippen LogP contribution >= 0.6 is 0 Å². The minimum absolute atomic E-state index is 0.0614. The molecule has 6 nitrogen and oxygen atoms in total. The molecule has 2 rings (SSSR count). The number of hydroxylamine groups is 2. The second-order valence-electron chi connectivity index (χ2n) is 4.38. The van der Waals surface area contributed by atoms with E-state index in [2.05, 4.69) is 0 Å². The molecule has 19 heavy (non-hydrogen) atoms. The van der Waals surface area contributed by atoms with E-state index < -0.39 is 23.8 Å². The lowest BCUT2D eigenvalue weighted by molar-refractivity contribution is -0.198. The lowest BCUT2D eigenvalue weighted by Crippen LogP contribution is -2.36. The number of aryl methyl sites for hydroxylation is 1. The van der Waals surface area contributed by atoms with Crippen molar-refractivity contribution < 1.29 is 19.2 Å². The summed E-state index contributed by atoms with van der Waals surface area (Å²) in [6.45, 7) is 1.91. The molecule has 2 N–H and O–H groups in total. The molecular formula is C13H14N2O4. The summed E-state index contributed by atoms with van der Waals surface area (Å²) in [5, 5.41) is 0.496. The zero-order valence-corrected chi connectivity index (χ0v) is 10.5. The normalized spacial score (nSPS) is 16.6. The summed E-state index contributed by atoms with van der Waals surface area (Å²) in [5.41, 5.74) is 7.33. The number of rotatable bonds is 3. The van der Waals surface area contributed by atoms with Crippen LogP contribution in [-0.2, 0) is 19.2 Å². The molecule has 100 valence electrons. The average Bonchev–Trinajstić information content (AvgIpc) is 2.70. The maximum atomic E-state index is 11.8. The predicted molar refractivity (Wildman–Crippen MR) is 65.3 cm³/mol. The molecule has 1 aromatic carbocycles. The van der Waals surface area contributed by atoms with Crippen molar-refractivity contribution in [2.24, 2.45) is 5.73 Å². The van der Waals surface area contributed by atoms with Crippen LogP contribution in [-0.4, -0.2) is 22.8 Å². The fraction of sp³-hybridized carbons (Fsp3) is 0.308. The average molecular weight is 262 g/mol. The van der Waals surface area contributed by atoms with Gasteiger partial charge in [-0.15, -0.1) is 5.06 Å². The minimum Gasteiger partial charge on any atom is -0.328 e. The van der Waals surface area contributed by atoms with Crippen molar-refractivity contribution >= 4 is 17.8 Å². The second-order valence-corrected chi connectivity index (χ2v) is 4.38. The summed E-state index contributed by atoms with van der Waals surface area (Å²) in [7, 11) is 0. The van der Waals surface area contributed by atoms with Gasteiger partial charge in [0.05, 0.1) is 0 Å². The van der Waals surface area contributed by atoms with Gasteiger partial charge < -0.3 is 10.6 Å². The van der Waals surface area contributed by atoms with Gasteiger partial charge >= 0.3 is 5.97 Å². The molecule has 0 aliphatic carbocycles. The Kier molecular flexibility index (Phi) is 3.62. The van der Waals surface area contributed by atoms with Crippen molar-refractivity contribution in [3.05, 3.63) is 35.4 Å². The Morgan fingerprint density at radius 2 is 1.74 bits per heavy atom. The first-order valence-corrected chi connectivity index (χ1v) is 5.89. The molecule has 1 aromatic rings. The lowest BCUT2D eigenvalue weighted by Gasteiger charge is -2.16. The van der Waals surface area contributed by atoms with Crippen LogP contribution in [0.25, 0.3) is 0 Å². The van der Waals surface area contributed by atoms with Crippen molar-refractivity contribution in [2.75, 3.05) is 0 Å². The molecule has 1 aliphatic rings. The number of benzene rings is 1. The SMILES string of the molecule is Cc1ccc(C(N)C(=O)ON2C(=O)CCC2=O)cc1. The van der Waals surface area contributed by atoms with Gasteiger partial charge in [0.2, 0.25) is 0 Å². The van der Waals surface area contributed by atoms with Crippen molar-refractivity contribution in [1.82, 2.24) is 5.06 Å². The molecule has 1 unspecified atom stereocenters. The zero-order valence-electron chi connectivity index (χ0n) is 10.5. The molecule has 0 spiro atoms. The van der Waals surface area contributed by atoms with Crippen LogP contribution in [0.4, 0.5) is 0 Å². The highest BCUT2D eigenvalue weighted by atomic mass is 16.7. The highest BCUT2D eigenvalue weighted by Gasteiger charge is 2.34. The summed E-state index contributed by atoms with van der Waals surface area (Å²) in [4.78, 5) is 39.2. The summed E-state index contributed by atoms with van der Waals surface area (Å²) in [6, 6.07) is 6.01. The van der Waals surface area contributed by atoms with E-state index in [1.165, 1.54) is 0 Å². The molecule has 0 aromatic heterocycles. The Hall–Kier alpha value is -2.21. The van der Waals surface area contributed by atoms with Crippen molar-refractivity contribution in [3.8, 4) is 0 Å². The Morgan fingerprint density at radius 3 is 2.26 bits per heavy atom. The van der Waals surface area contributed by atoms with E-state index in [1.807, 2.05) is 19.1 Å². The van der Waals surface area contributed by atoms with Gasteiger partial charge in [0.25, 0.3) is 11.8 Å². The van der Waals surface area contributed by atoms with Crippen LogP contribution in [0.2, 0.25) is 0 Å². The molecule has 1 fully saturated rings. The van der Waals surface area contributed by atoms with E-state index >= 15 is 0 Å². The molecule has 6 heteroatoms. The Balaban J connectivity index is 2.05. The summed E-state index contributed by atoms with van der Waals surface area (Å²) >= 11 is 0. The maximum Gasteiger partial charge on any atom is 0.354 e. The fourth-order valence-corrected chi connectivity index (χ4v) is 1.71. The summed E-state index contributed by atoms with van der Waals surface area (Å²) < 4.78 is 0. The minimum atomic E-state index is -1.03. The number of carbonyl (C=O) groups excluding carboxylic acids is 3. The molecule has 1 heterocycles. The first-order valence-electron chi connectivity index (χ1n) is 5.89. The van der Waals surface area contributed by atoms with E-state index in [-0.39, 0.29) is 12.8 Å². The highest BCUT2D eigenvalue weighted by Crippen LogP contribution is 2.17. The van der Waals surface area contributed by atoms with Crippen LogP contribution in [0.1, 0.15) is 30.0 Å². The third kappa shape index (κ3) is 2.79. The molecule has 0 radical (unpaired) electrons. The van der Waals surface area contributed by atoms with Gasteiger partial charge in [-0.1, -0.05) is 29.8 Å². The quantitative estimate of drug-likeness (QED) is 0.806. The van der Waals surface area contributed by atoms with Crippen molar-refractivity contribution in [2.45, 2.75) is 25.8 Å². The molecule has 2 amide bonds. The number of carbonyl (C=O) groups is 3. The Labute approximate surface area is 110 Å². The van der Waals surface area contributed by atoms with Gasteiger partial charge in [0.1, 0.15) is 6.04 Å². The molecule has 0 saturated carbocycles. The van der Waals surface area contributed by atoms with E-state index in [9.17, 15) is 14.4 Å². The van der Waals surface area contributed by atoms with Crippen LogP contribution in [0.15, 0.2) is 24.3 Å². The van der Waals surface area contributed by atoms with Gasteiger partial charge in [-0.05, 0) is 12.5 Å². The van der Waals surface area contributed by atoms with Gasteiger partial charge in [-0.25, -0.2) is 4.79 Å². The van der Waals surface area contributed by atoms with Crippen LogP contribution in [0, 0.1) is 6.92 Å². The predicted octanol–water partition coefficient (Wildman–Crippen LogP) is 0.602. The smallest absolute Gasteiger partial charge is 0.328 e. The van der Waals surface area contributed by atoms with E-state index in [0.29, 0.717) is 10.6 Å². The largest absolute Gasteiger partial charge is 0.354 e. The topological polar surface area (TPSA) is 89.7 Å². The maximum absolute atomic E-state index is 11.8. The number of amides is 2. The van der Waals surface area contributed by atoms with Gasteiger partial charge in [0, 0.05) is 12.8 Å². The molecule has 0 bridgehead atoms. The number of imide groups is 1. The zero-order chi connectivity index (χ0) is 14.0. The molecule has 1 saturated heterocycles. The summed E-state index contributed by atoms with van der Waals surface area (Å²) in [6.07, 6.45) is 0.123. The van der Waals surface area contributed by atoms with Crippen LogP contribution in [0.3, 0.4) is 0 Å². The highest BCUT2D eigenvalue weighted by molar-refractivity contribution is 6.01. The standard InChI is InChI=1S/C13H14N2O4/c1-8-2-4-9(5-3-8)12(14)13(18)19-15-10(16)6-7-11(15)17/h2-5,12H,6-7,14H2,1H3. The molecule has 1 atom stereocenters. The number of hydrogen-bond donors (Lipinski definition) is 1. The Morgan fingerprint density at radius 1 is 1.21 bits per heavy atom. The number of nitrogens with zero attached hydrogens (tertiary/aromatic N) is 1. The molecule has 1 aliphatic heterocycles. The second kappa shape index (κ2) is 5.19. The van der Waals surface area contributed by atoms with Gasteiger partial charge in [-0.2, -0.15) is 0 Å².